The molecule has 0 radical (unpaired) electrons. The van der Waals surface area contributed by atoms with Crippen LogP contribution >= 0.6 is 0 Å². The van der Waals surface area contributed by atoms with Gasteiger partial charge in [-0.15, -0.1) is 0 Å². The molecule has 2 heterocycles. The van der Waals surface area contributed by atoms with Crippen molar-refractivity contribution in [3.63, 3.8) is 0 Å². The molecule has 5 rings (SSSR count). The van der Waals surface area contributed by atoms with Crippen LogP contribution in [0, 0.1) is 0 Å². The first-order valence-electron chi connectivity index (χ1n) is 11.2. The lowest BCUT2D eigenvalue weighted by Crippen LogP contribution is -2.07. The van der Waals surface area contributed by atoms with E-state index in [2.05, 4.69) is 29.2 Å². The topological polar surface area (TPSA) is 53.7 Å². The Bertz CT molecular complexity index is 1440. The van der Waals surface area contributed by atoms with Crippen molar-refractivity contribution in [1.29, 1.82) is 0 Å². The van der Waals surface area contributed by atoms with Crippen LogP contribution in [-0.2, 0) is 6.42 Å². The van der Waals surface area contributed by atoms with Crippen LogP contribution in [0.25, 0.3) is 29.1 Å². The largest absolute Gasteiger partial charge is 0.493 e. The SMILES string of the molecule is CN(C)c1ccc(/C=C/c2cn3c(O)c(Cc4ccccc4)nc3c(-c3ccccc3)n2)cc1. The summed E-state index contributed by atoms with van der Waals surface area (Å²) in [6.07, 6.45) is 6.38. The molecule has 0 saturated carbocycles. The highest BCUT2D eigenvalue weighted by molar-refractivity contribution is 5.77. The molecule has 0 atom stereocenters. The monoisotopic (exact) mass is 446 g/mol. The fourth-order valence-electron chi connectivity index (χ4n) is 3.94. The van der Waals surface area contributed by atoms with Crippen LogP contribution in [0.15, 0.2) is 91.1 Å². The maximum Gasteiger partial charge on any atom is 0.219 e. The standard InChI is InChI=1S/C29H26N4O/c1-32(2)25-17-14-21(15-18-25)13-16-24-20-33-28(27(30-24)23-11-7-4-8-12-23)31-26(29(33)34)19-22-9-5-3-6-10-22/h3-18,20,34H,19H2,1-2H3/b16-13+. The number of imidazole rings is 1. The number of aromatic nitrogens is 3. The molecule has 2 aromatic heterocycles. The van der Waals surface area contributed by atoms with Gasteiger partial charge < -0.3 is 10.0 Å². The highest BCUT2D eigenvalue weighted by atomic mass is 16.3. The summed E-state index contributed by atoms with van der Waals surface area (Å²) in [5, 5.41) is 11.1. The first kappa shape index (κ1) is 21.5. The molecule has 5 aromatic rings. The summed E-state index contributed by atoms with van der Waals surface area (Å²) < 4.78 is 1.74. The molecule has 0 spiro atoms. The smallest absolute Gasteiger partial charge is 0.219 e. The van der Waals surface area contributed by atoms with E-state index >= 15 is 0 Å². The summed E-state index contributed by atoms with van der Waals surface area (Å²) in [6, 6.07) is 28.3. The third kappa shape index (κ3) is 4.41. The second-order valence-corrected chi connectivity index (χ2v) is 8.44. The number of hydrogen-bond acceptors (Lipinski definition) is 4. The van der Waals surface area contributed by atoms with Crippen LogP contribution < -0.4 is 4.90 Å². The fraction of sp³-hybridized carbons (Fsp3) is 0.103. The predicted octanol–water partition coefficient (Wildman–Crippen LogP) is 5.93. The van der Waals surface area contributed by atoms with Crippen molar-refractivity contribution in [2.75, 3.05) is 19.0 Å². The summed E-state index contributed by atoms with van der Waals surface area (Å²) in [5.74, 6) is 0.142. The van der Waals surface area contributed by atoms with E-state index in [1.807, 2.05) is 93.1 Å². The van der Waals surface area contributed by atoms with Crippen molar-refractivity contribution in [3.05, 3.63) is 114 Å². The van der Waals surface area contributed by atoms with E-state index in [1.165, 1.54) is 0 Å². The van der Waals surface area contributed by atoms with Crippen molar-refractivity contribution in [2.45, 2.75) is 6.42 Å². The Morgan fingerprint density at radius 2 is 1.50 bits per heavy atom. The first-order valence-corrected chi connectivity index (χ1v) is 11.2. The van der Waals surface area contributed by atoms with Gasteiger partial charge in [0.05, 0.1) is 5.69 Å². The van der Waals surface area contributed by atoms with Crippen LogP contribution in [0.3, 0.4) is 0 Å². The van der Waals surface area contributed by atoms with Gasteiger partial charge in [0.15, 0.2) is 5.65 Å². The molecule has 168 valence electrons. The average molecular weight is 447 g/mol. The highest BCUT2D eigenvalue weighted by Gasteiger charge is 2.17. The average Bonchev–Trinajstić information content (AvgIpc) is 3.18. The maximum absolute atomic E-state index is 11.1. The van der Waals surface area contributed by atoms with Gasteiger partial charge in [-0.05, 0) is 29.3 Å². The Morgan fingerprint density at radius 3 is 2.18 bits per heavy atom. The lowest BCUT2D eigenvalue weighted by molar-refractivity contribution is 0.442. The maximum atomic E-state index is 11.1. The van der Waals surface area contributed by atoms with Crippen molar-refractivity contribution >= 4 is 23.5 Å². The van der Waals surface area contributed by atoms with Gasteiger partial charge in [0, 0.05) is 38.0 Å². The van der Waals surface area contributed by atoms with Crippen molar-refractivity contribution in [3.8, 4) is 17.1 Å². The second kappa shape index (κ2) is 9.24. The van der Waals surface area contributed by atoms with E-state index in [-0.39, 0.29) is 5.88 Å². The number of fused-ring (bicyclic) bond motifs is 1. The molecule has 0 aliphatic carbocycles. The van der Waals surface area contributed by atoms with E-state index in [0.29, 0.717) is 17.8 Å². The minimum Gasteiger partial charge on any atom is -0.493 e. The number of hydrogen-bond donors (Lipinski definition) is 1. The van der Waals surface area contributed by atoms with Gasteiger partial charge in [0.25, 0.3) is 0 Å². The Hall–Kier alpha value is -4.38. The van der Waals surface area contributed by atoms with E-state index in [1.54, 1.807) is 4.40 Å². The normalized spacial score (nSPS) is 11.4. The van der Waals surface area contributed by atoms with Crippen molar-refractivity contribution in [1.82, 2.24) is 14.4 Å². The summed E-state index contributed by atoms with van der Waals surface area (Å²) >= 11 is 0. The molecule has 5 heteroatoms. The molecule has 0 fully saturated rings. The van der Waals surface area contributed by atoms with E-state index < -0.39 is 0 Å². The Labute approximate surface area is 199 Å². The zero-order chi connectivity index (χ0) is 23.5. The Balaban J connectivity index is 1.58. The molecule has 0 amide bonds. The molecule has 0 aliphatic heterocycles. The number of rotatable bonds is 6. The molecule has 34 heavy (non-hydrogen) atoms. The van der Waals surface area contributed by atoms with Crippen molar-refractivity contribution in [2.24, 2.45) is 0 Å². The van der Waals surface area contributed by atoms with Crippen LogP contribution in [-0.4, -0.2) is 33.6 Å². The third-order valence-electron chi connectivity index (χ3n) is 5.79. The first-order chi connectivity index (χ1) is 16.6. The van der Waals surface area contributed by atoms with E-state index in [0.717, 1.165) is 33.8 Å². The minimum atomic E-state index is 0.142. The van der Waals surface area contributed by atoms with E-state index in [9.17, 15) is 5.11 Å². The minimum absolute atomic E-state index is 0.142. The van der Waals surface area contributed by atoms with Crippen LogP contribution in [0.4, 0.5) is 5.69 Å². The lowest BCUT2D eigenvalue weighted by atomic mass is 10.1. The van der Waals surface area contributed by atoms with Crippen LogP contribution in [0.2, 0.25) is 0 Å². The van der Waals surface area contributed by atoms with Gasteiger partial charge in [-0.25, -0.2) is 9.97 Å². The molecule has 0 aliphatic rings. The Morgan fingerprint density at radius 1 is 0.824 bits per heavy atom. The number of aromatic hydroxyl groups is 1. The molecule has 0 unspecified atom stereocenters. The quantitative estimate of drug-likeness (QED) is 0.351. The van der Waals surface area contributed by atoms with Gasteiger partial charge in [-0.2, -0.15) is 0 Å². The van der Waals surface area contributed by atoms with Crippen molar-refractivity contribution < 1.29 is 5.11 Å². The summed E-state index contributed by atoms with van der Waals surface area (Å²) in [7, 11) is 4.05. The Kier molecular flexibility index (Phi) is 5.83. The number of nitrogens with zero attached hydrogens (tertiary/aromatic N) is 4. The molecule has 3 aromatic carbocycles. The summed E-state index contributed by atoms with van der Waals surface area (Å²) in [5.41, 5.74) is 7.02. The fourth-order valence-corrected chi connectivity index (χ4v) is 3.94. The lowest BCUT2D eigenvalue weighted by Gasteiger charge is -2.11. The highest BCUT2D eigenvalue weighted by Crippen LogP contribution is 2.29. The molecule has 1 N–H and O–H groups in total. The van der Waals surface area contributed by atoms with Gasteiger partial charge in [0.2, 0.25) is 5.88 Å². The predicted molar refractivity (Wildman–Crippen MR) is 139 cm³/mol. The second-order valence-electron chi connectivity index (χ2n) is 8.44. The zero-order valence-corrected chi connectivity index (χ0v) is 19.3. The van der Waals surface area contributed by atoms with Crippen LogP contribution in [0.1, 0.15) is 22.5 Å². The van der Waals surface area contributed by atoms with Gasteiger partial charge in [-0.3, -0.25) is 4.40 Å². The molecular weight excluding hydrogens is 420 g/mol. The molecule has 5 nitrogen and oxygen atoms in total. The van der Waals surface area contributed by atoms with E-state index in [4.69, 9.17) is 9.97 Å². The van der Waals surface area contributed by atoms with Gasteiger partial charge in [0.1, 0.15) is 11.4 Å². The molecule has 0 bridgehead atoms. The third-order valence-corrected chi connectivity index (χ3v) is 5.79. The summed E-state index contributed by atoms with van der Waals surface area (Å²) in [6.45, 7) is 0. The summed E-state index contributed by atoms with van der Waals surface area (Å²) in [4.78, 5) is 11.8. The zero-order valence-electron chi connectivity index (χ0n) is 19.3. The number of benzene rings is 3. The molecule has 0 saturated heterocycles. The van der Waals surface area contributed by atoms with Gasteiger partial charge in [-0.1, -0.05) is 78.9 Å². The molecular formula is C29H26N4O. The van der Waals surface area contributed by atoms with Crippen LogP contribution in [0.5, 0.6) is 5.88 Å². The van der Waals surface area contributed by atoms with Gasteiger partial charge >= 0.3 is 0 Å². The number of anilines is 1.